The largest absolute Gasteiger partial charge is 0.455 e. The SMILES string of the molecule is CCc1cn(Cc2ccc([N+](=O)[O-])cc2)c(C(=O)OC(C)(C)C)c1-c1ccccc1F. The minimum atomic E-state index is -0.724. The van der Waals surface area contributed by atoms with Crippen molar-refractivity contribution in [2.75, 3.05) is 0 Å². The smallest absolute Gasteiger partial charge is 0.356 e. The molecule has 0 spiro atoms. The molecule has 0 amide bonds. The van der Waals surface area contributed by atoms with Crippen molar-refractivity contribution in [2.45, 2.75) is 46.3 Å². The molecule has 0 aliphatic carbocycles. The topological polar surface area (TPSA) is 74.4 Å². The predicted octanol–water partition coefficient (Wildman–Crippen LogP) is 5.77. The molecule has 6 nitrogen and oxygen atoms in total. The van der Waals surface area contributed by atoms with Gasteiger partial charge >= 0.3 is 5.97 Å². The Morgan fingerprint density at radius 2 is 1.77 bits per heavy atom. The first-order valence-corrected chi connectivity index (χ1v) is 10.0. The van der Waals surface area contributed by atoms with Gasteiger partial charge in [-0.3, -0.25) is 10.1 Å². The zero-order valence-electron chi connectivity index (χ0n) is 18.0. The van der Waals surface area contributed by atoms with Crippen molar-refractivity contribution < 1.29 is 18.8 Å². The third-order valence-corrected chi connectivity index (χ3v) is 4.77. The monoisotopic (exact) mass is 424 g/mol. The number of hydrogen-bond donors (Lipinski definition) is 0. The number of benzene rings is 2. The van der Waals surface area contributed by atoms with E-state index in [1.54, 1.807) is 55.7 Å². The van der Waals surface area contributed by atoms with Crippen molar-refractivity contribution in [3.05, 3.63) is 87.5 Å². The molecule has 0 fully saturated rings. The molecule has 3 aromatic rings. The highest BCUT2D eigenvalue weighted by atomic mass is 19.1. The Bertz CT molecular complexity index is 1110. The number of carbonyl (C=O) groups excluding carboxylic acids is 1. The number of aromatic nitrogens is 1. The van der Waals surface area contributed by atoms with E-state index in [1.165, 1.54) is 18.2 Å². The average Bonchev–Trinajstić information content (AvgIpc) is 3.05. The number of non-ortho nitro benzene ring substituents is 1. The van der Waals surface area contributed by atoms with Crippen molar-refractivity contribution in [1.29, 1.82) is 0 Å². The van der Waals surface area contributed by atoms with Crippen LogP contribution in [0.15, 0.2) is 54.7 Å². The molecular formula is C24H25FN2O4. The van der Waals surface area contributed by atoms with Crippen molar-refractivity contribution >= 4 is 11.7 Å². The lowest BCUT2D eigenvalue weighted by Crippen LogP contribution is -2.26. The van der Waals surface area contributed by atoms with Crippen LogP contribution in [0.4, 0.5) is 10.1 Å². The molecule has 162 valence electrons. The Labute approximate surface area is 180 Å². The summed E-state index contributed by atoms with van der Waals surface area (Å²) in [4.78, 5) is 23.7. The van der Waals surface area contributed by atoms with Crippen LogP contribution >= 0.6 is 0 Å². The lowest BCUT2D eigenvalue weighted by Gasteiger charge is -2.21. The maximum atomic E-state index is 14.7. The lowest BCUT2D eigenvalue weighted by molar-refractivity contribution is -0.384. The van der Waals surface area contributed by atoms with Crippen LogP contribution in [0.5, 0.6) is 0 Å². The minimum Gasteiger partial charge on any atom is -0.455 e. The van der Waals surface area contributed by atoms with Gasteiger partial charge in [-0.05, 0) is 44.4 Å². The fraction of sp³-hybridized carbons (Fsp3) is 0.292. The molecule has 1 heterocycles. The van der Waals surface area contributed by atoms with Crippen LogP contribution < -0.4 is 0 Å². The Kier molecular flexibility index (Phi) is 6.24. The van der Waals surface area contributed by atoms with Gasteiger partial charge in [0, 0.05) is 36.0 Å². The molecule has 0 radical (unpaired) electrons. The Morgan fingerprint density at radius 3 is 2.32 bits per heavy atom. The third-order valence-electron chi connectivity index (χ3n) is 4.77. The van der Waals surface area contributed by atoms with E-state index in [1.807, 2.05) is 13.1 Å². The first kappa shape index (κ1) is 22.2. The summed E-state index contributed by atoms with van der Waals surface area (Å²) in [5, 5.41) is 10.9. The summed E-state index contributed by atoms with van der Waals surface area (Å²) < 4.78 is 22.1. The lowest BCUT2D eigenvalue weighted by atomic mass is 9.99. The molecule has 0 aliphatic heterocycles. The van der Waals surface area contributed by atoms with Crippen molar-refractivity contribution in [3.8, 4) is 11.1 Å². The molecule has 0 atom stereocenters. The molecule has 31 heavy (non-hydrogen) atoms. The van der Waals surface area contributed by atoms with E-state index in [0.29, 0.717) is 17.5 Å². The second-order valence-electron chi connectivity index (χ2n) is 8.26. The highest BCUT2D eigenvalue weighted by molar-refractivity contribution is 5.97. The van der Waals surface area contributed by atoms with Crippen LogP contribution in [0.3, 0.4) is 0 Å². The van der Waals surface area contributed by atoms with Gasteiger partial charge in [0.15, 0.2) is 0 Å². The number of aryl methyl sites for hydroxylation is 1. The number of ether oxygens (including phenoxy) is 1. The number of rotatable bonds is 6. The van der Waals surface area contributed by atoms with E-state index in [-0.39, 0.29) is 17.9 Å². The summed E-state index contributed by atoms with van der Waals surface area (Å²) in [6.07, 6.45) is 2.41. The molecule has 1 aromatic heterocycles. The van der Waals surface area contributed by atoms with E-state index in [0.717, 1.165) is 11.1 Å². The average molecular weight is 424 g/mol. The second-order valence-corrected chi connectivity index (χ2v) is 8.26. The van der Waals surface area contributed by atoms with Gasteiger partial charge in [0.25, 0.3) is 5.69 Å². The highest BCUT2D eigenvalue weighted by Gasteiger charge is 2.28. The van der Waals surface area contributed by atoms with Crippen molar-refractivity contribution in [2.24, 2.45) is 0 Å². The van der Waals surface area contributed by atoms with E-state index < -0.39 is 22.3 Å². The van der Waals surface area contributed by atoms with Gasteiger partial charge in [-0.1, -0.05) is 37.3 Å². The zero-order valence-corrected chi connectivity index (χ0v) is 18.0. The fourth-order valence-electron chi connectivity index (χ4n) is 3.44. The fourth-order valence-corrected chi connectivity index (χ4v) is 3.44. The van der Waals surface area contributed by atoms with Gasteiger partial charge < -0.3 is 9.30 Å². The van der Waals surface area contributed by atoms with Crippen LogP contribution in [-0.4, -0.2) is 21.1 Å². The molecule has 0 unspecified atom stereocenters. The summed E-state index contributed by atoms with van der Waals surface area (Å²) in [7, 11) is 0. The molecule has 0 N–H and O–H groups in total. The van der Waals surface area contributed by atoms with E-state index in [4.69, 9.17) is 4.74 Å². The second kappa shape index (κ2) is 8.71. The first-order chi connectivity index (χ1) is 14.6. The van der Waals surface area contributed by atoms with Gasteiger partial charge in [-0.15, -0.1) is 0 Å². The van der Waals surface area contributed by atoms with Gasteiger partial charge in [0.05, 0.1) is 4.92 Å². The Hall–Kier alpha value is -3.48. The maximum absolute atomic E-state index is 14.7. The molecule has 0 bridgehead atoms. The number of halogens is 1. The number of nitro groups is 1. The molecule has 0 saturated carbocycles. The molecule has 2 aromatic carbocycles. The zero-order chi connectivity index (χ0) is 22.8. The summed E-state index contributed by atoms with van der Waals surface area (Å²) in [5.41, 5.74) is 1.96. The standard InChI is InChI=1S/C24H25FN2O4/c1-5-17-15-26(14-16-10-12-18(13-11-16)27(29)30)22(23(28)31-24(2,3)4)21(17)19-8-6-7-9-20(19)25/h6-13,15H,5,14H2,1-4H3. The van der Waals surface area contributed by atoms with Crippen molar-refractivity contribution in [1.82, 2.24) is 4.57 Å². The predicted molar refractivity (Wildman–Crippen MR) is 117 cm³/mol. The van der Waals surface area contributed by atoms with Gasteiger partial charge in [0.2, 0.25) is 0 Å². The van der Waals surface area contributed by atoms with Crippen LogP contribution in [0.2, 0.25) is 0 Å². The summed E-state index contributed by atoms with van der Waals surface area (Å²) in [6, 6.07) is 12.5. The molecule has 0 aliphatic rings. The van der Waals surface area contributed by atoms with Crippen molar-refractivity contribution in [3.63, 3.8) is 0 Å². The number of carbonyl (C=O) groups is 1. The van der Waals surface area contributed by atoms with Crippen LogP contribution in [0, 0.1) is 15.9 Å². The van der Waals surface area contributed by atoms with Crippen LogP contribution in [0.1, 0.15) is 49.3 Å². The number of nitrogens with zero attached hydrogens (tertiary/aromatic N) is 2. The maximum Gasteiger partial charge on any atom is 0.356 e. The molecule has 7 heteroatoms. The van der Waals surface area contributed by atoms with Gasteiger partial charge in [-0.25, -0.2) is 9.18 Å². The Balaban J connectivity index is 2.15. The van der Waals surface area contributed by atoms with E-state index >= 15 is 0 Å². The molecule has 3 rings (SSSR count). The summed E-state index contributed by atoms with van der Waals surface area (Å²) in [6.45, 7) is 7.55. The quantitative estimate of drug-likeness (QED) is 0.286. The molecular weight excluding hydrogens is 399 g/mol. The number of esters is 1. The minimum absolute atomic E-state index is 0.00934. The van der Waals surface area contributed by atoms with Crippen LogP contribution in [-0.2, 0) is 17.7 Å². The van der Waals surface area contributed by atoms with Crippen LogP contribution in [0.25, 0.3) is 11.1 Å². The molecule has 0 saturated heterocycles. The number of hydrogen-bond acceptors (Lipinski definition) is 4. The van der Waals surface area contributed by atoms with Gasteiger partial charge in [-0.2, -0.15) is 0 Å². The van der Waals surface area contributed by atoms with E-state index in [2.05, 4.69) is 0 Å². The first-order valence-electron chi connectivity index (χ1n) is 10.0. The normalized spacial score (nSPS) is 11.4. The third kappa shape index (κ3) is 4.99. The Morgan fingerprint density at radius 1 is 1.13 bits per heavy atom. The highest BCUT2D eigenvalue weighted by Crippen LogP contribution is 2.34. The summed E-state index contributed by atoms with van der Waals surface area (Å²) in [5.74, 6) is -0.970. The van der Waals surface area contributed by atoms with E-state index in [9.17, 15) is 19.3 Å². The van der Waals surface area contributed by atoms with Gasteiger partial charge in [0.1, 0.15) is 17.1 Å². The number of nitro benzene ring substituents is 1. The summed E-state index contributed by atoms with van der Waals surface area (Å²) >= 11 is 0.